The smallest absolute Gasteiger partial charge is 0.144 e. The van der Waals surface area contributed by atoms with Gasteiger partial charge in [0, 0.05) is 10.9 Å². The van der Waals surface area contributed by atoms with Crippen molar-refractivity contribution in [1.82, 2.24) is 9.78 Å². The van der Waals surface area contributed by atoms with Crippen LogP contribution in [0, 0.1) is 17.0 Å². The first kappa shape index (κ1) is 13.2. The molecule has 3 rings (SSSR count). The van der Waals surface area contributed by atoms with E-state index in [0.29, 0.717) is 16.5 Å². The lowest BCUT2D eigenvalue weighted by Crippen LogP contribution is -2.13. The van der Waals surface area contributed by atoms with E-state index in [-0.39, 0.29) is 23.9 Å². The van der Waals surface area contributed by atoms with E-state index < -0.39 is 5.82 Å². The fourth-order valence-electron chi connectivity index (χ4n) is 2.26. The summed E-state index contributed by atoms with van der Waals surface area (Å²) in [6.07, 6.45) is 0. The van der Waals surface area contributed by atoms with E-state index in [2.05, 4.69) is 5.10 Å². The molecule has 0 radical (unpaired) electrons. The van der Waals surface area contributed by atoms with Crippen molar-refractivity contribution >= 4 is 16.7 Å². The van der Waals surface area contributed by atoms with Gasteiger partial charge in [0.15, 0.2) is 0 Å². The molecule has 1 aromatic heterocycles. The molecular weight excluding hydrogens is 274 g/mol. The standard InChI is InChI=1S/C15H12F2N4/c16-10-5-6-13-11(7-10)14(15(18)19)20-21(13)8-9-3-1-2-4-12(9)17/h1-7H,8H2,(H3,18,19). The van der Waals surface area contributed by atoms with Gasteiger partial charge in [-0.05, 0) is 24.3 Å². The van der Waals surface area contributed by atoms with Gasteiger partial charge in [-0.15, -0.1) is 0 Å². The summed E-state index contributed by atoms with van der Waals surface area (Å²) in [4.78, 5) is 0. The molecule has 4 nitrogen and oxygen atoms in total. The first-order chi connectivity index (χ1) is 10.1. The molecule has 0 saturated carbocycles. The molecular formula is C15H12F2N4. The molecule has 0 atom stereocenters. The van der Waals surface area contributed by atoms with Crippen LogP contribution in [0.2, 0.25) is 0 Å². The van der Waals surface area contributed by atoms with E-state index in [4.69, 9.17) is 11.1 Å². The zero-order valence-corrected chi connectivity index (χ0v) is 11.0. The monoisotopic (exact) mass is 286 g/mol. The van der Waals surface area contributed by atoms with Crippen LogP contribution < -0.4 is 5.73 Å². The van der Waals surface area contributed by atoms with Gasteiger partial charge in [0.25, 0.3) is 0 Å². The third-order valence-corrected chi connectivity index (χ3v) is 3.25. The normalized spacial score (nSPS) is 11.0. The first-order valence-electron chi connectivity index (χ1n) is 6.30. The number of nitrogens with two attached hydrogens (primary N) is 1. The van der Waals surface area contributed by atoms with Gasteiger partial charge in [-0.25, -0.2) is 8.78 Å². The summed E-state index contributed by atoms with van der Waals surface area (Å²) in [7, 11) is 0. The van der Waals surface area contributed by atoms with Crippen molar-refractivity contribution in [2.75, 3.05) is 0 Å². The Morgan fingerprint density at radius 2 is 1.95 bits per heavy atom. The van der Waals surface area contributed by atoms with Gasteiger partial charge in [-0.2, -0.15) is 5.10 Å². The molecule has 21 heavy (non-hydrogen) atoms. The minimum atomic E-state index is -0.435. The first-order valence-corrected chi connectivity index (χ1v) is 6.30. The fourth-order valence-corrected chi connectivity index (χ4v) is 2.26. The Morgan fingerprint density at radius 3 is 2.67 bits per heavy atom. The number of rotatable bonds is 3. The highest BCUT2D eigenvalue weighted by Crippen LogP contribution is 2.21. The van der Waals surface area contributed by atoms with E-state index >= 15 is 0 Å². The molecule has 0 fully saturated rings. The second-order valence-electron chi connectivity index (χ2n) is 4.67. The van der Waals surface area contributed by atoms with Gasteiger partial charge in [-0.1, -0.05) is 18.2 Å². The summed E-state index contributed by atoms with van der Waals surface area (Å²) in [6.45, 7) is 0.183. The van der Waals surface area contributed by atoms with E-state index in [0.717, 1.165) is 0 Å². The highest BCUT2D eigenvalue weighted by molar-refractivity contribution is 6.05. The average Bonchev–Trinajstić information content (AvgIpc) is 2.79. The van der Waals surface area contributed by atoms with Crippen molar-refractivity contribution in [3.05, 3.63) is 65.4 Å². The van der Waals surface area contributed by atoms with Gasteiger partial charge in [0.05, 0.1) is 12.1 Å². The minimum Gasteiger partial charge on any atom is -0.382 e. The molecule has 6 heteroatoms. The van der Waals surface area contributed by atoms with Crippen LogP contribution in [-0.2, 0) is 6.54 Å². The highest BCUT2D eigenvalue weighted by Gasteiger charge is 2.14. The SMILES string of the molecule is N=C(N)c1nn(Cc2ccccc2F)c2ccc(F)cc12. The Kier molecular flexibility index (Phi) is 3.13. The van der Waals surface area contributed by atoms with E-state index in [1.807, 2.05) is 0 Å². The molecule has 0 aliphatic heterocycles. The average molecular weight is 286 g/mol. The van der Waals surface area contributed by atoms with Crippen molar-refractivity contribution in [1.29, 1.82) is 5.41 Å². The quantitative estimate of drug-likeness (QED) is 0.574. The van der Waals surface area contributed by atoms with Gasteiger partial charge in [0.2, 0.25) is 0 Å². The van der Waals surface area contributed by atoms with Crippen molar-refractivity contribution in [3.8, 4) is 0 Å². The van der Waals surface area contributed by atoms with Crippen LogP contribution in [0.1, 0.15) is 11.3 Å². The maximum atomic E-state index is 13.7. The maximum absolute atomic E-state index is 13.7. The van der Waals surface area contributed by atoms with Gasteiger partial charge < -0.3 is 5.73 Å². The van der Waals surface area contributed by atoms with Crippen LogP contribution in [0.4, 0.5) is 8.78 Å². The summed E-state index contributed by atoms with van der Waals surface area (Å²) < 4.78 is 28.6. The second-order valence-corrected chi connectivity index (χ2v) is 4.67. The molecule has 106 valence electrons. The number of nitrogens with zero attached hydrogens (tertiary/aromatic N) is 2. The fraction of sp³-hybridized carbons (Fsp3) is 0.0667. The number of hydrogen-bond donors (Lipinski definition) is 2. The molecule has 3 N–H and O–H groups in total. The minimum absolute atomic E-state index is 0.183. The molecule has 1 heterocycles. The number of halogens is 2. The molecule has 0 unspecified atom stereocenters. The van der Waals surface area contributed by atoms with Gasteiger partial charge in [-0.3, -0.25) is 10.1 Å². The topological polar surface area (TPSA) is 67.7 Å². The van der Waals surface area contributed by atoms with Crippen molar-refractivity contribution < 1.29 is 8.78 Å². The Hall–Kier alpha value is -2.76. The van der Waals surface area contributed by atoms with Crippen molar-refractivity contribution in [2.45, 2.75) is 6.54 Å². The third kappa shape index (κ3) is 2.35. The molecule has 0 aliphatic carbocycles. The summed E-state index contributed by atoms with van der Waals surface area (Å²) in [5.74, 6) is -1.03. The number of aromatic nitrogens is 2. The number of benzene rings is 2. The number of amidine groups is 1. The van der Waals surface area contributed by atoms with Gasteiger partial charge in [0.1, 0.15) is 23.2 Å². The van der Waals surface area contributed by atoms with Crippen LogP contribution in [0.3, 0.4) is 0 Å². The van der Waals surface area contributed by atoms with Gasteiger partial charge >= 0.3 is 0 Å². The molecule has 0 saturated heterocycles. The Labute approximate surface area is 119 Å². The lowest BCUT2D eigenvalue weighted by Gasteiger charge is -2.05. The van der Waals surface area contributed by atoms with Crippen LogP contribution in [-0.4, -0.2) is 15.6 Å². The molecule has 3 aromatic rings. The molecule has 2 aromatic carbocycles. The second kappa shape index (κ2) is 4.97. The van der Waals surface area contributed by atoms with Crippen LogP contribution in [0.15, 0.2) is 42.5 Å². The number of nitrogens with one attached hydrogen (secondary N) is 1. The summed E-state index contributed by atoms with van der Waals surface area (Å²) in [5.41, 5.74) is 6.73. The Morgan fingerprint density at radius 1 is 1.19 bits per heavy atom. The maximum Gasteiger partial charge on any atom is 0.144 e. The molecule has 0 aliphatic rings. The predicted octanol–water partition coefficient (Wildman–Crippen LogP) is 2.65. The van der Waals surface area contributed by atoms with E-state index in [9.17, 15) is 8.78 Å². The van der Waals surface area contributed by atoms with E-state index in [1.165, 1.54) is 22.9 Å². The Balaban J connectivity index is 2.15. The third-order valence-electron chi connectivity index (χ3n) is 3.25. The summed E-state index contributed by atoms with van der Waals surface area (Å²) >= 11 is 0. The van der Waals surface area contributed by atoms with E-state index in [1.54, 1.807) is 24.3 Å². The lowest BCUT2D eigenvalue weighted by molar-refractivity contribution is 0.590. The van der Waals surface area contributed by atoms with Crippen LogP contribution in [0.5, 0.6) is 0 Å². The van der Waals surface area contributed by atoms with Crippen LogP contribution >= 0.6 is 0 Å². The lowest BCUT2D eigenvalue weighted by atomic mass is 10.2. The molecule has 0 spiro atoms. The predicted molar refractivity (Wildman–Crippen MR) is 76.2 cm³/mol. The zero-order chi connectivity index (χ0) is 15.0. The highest BCUT2D eigenvalue weighted by atomic mass is 19.1. The number of hydrogen-bond acceptors (Lipinski definition) is 2. The van der Waals surface area contributed by atoms with Crippen molar-refractivity contribution in [3.63, 3.8) is 0 Å². The molecule has 0 amide bonds. The number of nitrogen functional groups attached to an aromatic ring is 1. The van der Waals surface area contributed by atoms with Crippen molar-refractivity contribution in [2.24, 2.45) is 5.73 Å². The van der Waals surface area contributed by atoms with Crippen LogP contribution in [0.25, 0.3) is 10.9 Å². The molecule has 0 bridgehead atoms. The number of fused-ring (bicyclic) bond motifs is 1. The largest absolute Gasteiger partial charge is 0.382 e. The zero-order valence-electron chi connectivity index (χ0n) is 11.0. The summed E-state index contributed by atoms with van der Waals surface area (Å²) in [6, 6.07) is 10.5. The summed E-state index contributed by atoms with van der Waals surface area (Å²) in [5, 5.41) is 12.2. The Bertz CT molecular complexity index is 839.